The fourth-order valence-electron chi connectivity index (χ4n) is 3.24. The Kier molecular flexibility index (Phi) is 4.57. The molecule has 7 nitrogen and oxygen atoms in total. The van der Waals surface area contributed by atoms with E-state index in [0.29, 0.717) is 5.71 Å². The van der Waals surface area contributed by atoms with E-state index in [9.17, 15) is 9.59 Å². The molecule has 0 fully saturated rings. The minimum atomic E-state index is -0.487. The summed E-state index contributed by atoms with van der Waals surface area (Å²) in [5.74, 6) is -0.389. The maximum absolute atomic E-state index is 12.5. The van der Waals surface area contributed by atoms with Gasteiger partial charge in [-0.05, 0) is 35.8 Å². The summed E-state index contributed by atoms with van der Waals surface area (Å²) in [7, 11) is 0. The van der Waals surface area contributed by atoms with Gasteiger partial charge in [0.15, 0.2) is 5.69 Å². The Balaban J connectivity index is 1.57. The highest BCUT2D eigenvalue weighted by Gasteiger charge is 2.28. The van der Waals surface area contributed by atoms with Crippen LogP contribution in [0.1, 0.15) is 24.3 Å². The predicted octanol–water partition coefficient (Wildman–Crippen LogP) is 2.63. The minimum absolute atomic E-state index is 0.00529. The third kappa shape index (κ3) is 3.46. The zero-order valence-corrected chi connectivity index (χ0v) is 15.5. The molecular weight excluding hydrogens is 354 g/mol. The molecular formula is C21H19N5O2. The molecule has 1 aromatic carbocycles. The number of carbonyl (C=O) groups excluding carboxylic acids is 2. The summed E-state index contributed by atoms with van der Waals surface area (Å²) in [6.45, 7) is 4.11. The molecule has 0 saturated carbocycles. The Hall–Kier alpha value is -3.61. The second-order valence-corrected chi connectivity index (χ2v) is 6.92. The molecule has 140 valence electrons. The molecule has 1 atom stereocenters. The van der Waals surface area contributed by atoms with Crippen LogP contribution in [0.3, 0.4) is 0 Å². The molecule has 0 bridgehead atoms. The van der Waals surface area contributed by atoms with Gasteiger partial charge < -0.3 is 5.32 Å². The fraction of sp³-hybridized carbons (Fsp3) is 0.190. The van der Waals surface area contributed by atoms with Gasteiger partial charge in [-0.2, -0.15) is 9.90 Å². The van der Waals surface area contributed by atoms with Crippen LogP contribution in [0.2, 0.25) is 0 Å². The van der Waals surface area contributed by atoms with Crippen LogP contribution in [0.25, 0.3) is 5.69 Å². The van der Waals surface area contributed by atoms with Crippen LogP contribution in [0, 0.1) is 11.8 Å². The molecule has 1 N–H and O–H groups in total. The summed E-state index contributed by atoms with van der Waals surface area (Å²) >= 11 is 0. The Bertz CT molecular complexity index is 1060. The molecule has 1 aliphatic carbocycles. The van der Waals surface area contributed by atoms with Gasteiger partial charge in [-0.15, -0.1) is 5.10 Å². The van der Waals surface area contributed by atoms with Crippen LogP contribution < -0.4 is 5.32 Å². The van der Waals surface area contributed by atoms with Crippen LogP contribution in [0.4, 0.5) is 0 Å². The molecule has 0 spiro atoms. The molecule has 28 heavy (non-hydrogen) atoms. The third-order valence-corrected chi connectivity index (χ3v) is 4.62. The number of benzene rings is 1. The highest BCUT2D eigenvalue weighted by Crippen LogP contribution is 2.31. The van der Waals surface area contributed by atoms with E-state index >= 15 is 0 Å². The first kappa shape index (κ1) is 17.8. The summed E-state index contributed by atoms with van der Waals surface area (Å²) in [6, 6.07) is 9.33. The van der Waals surface area contributed by atoms with E-state index < -0.39 is 5.91 Å². The Morgan fingerprint density at radius 3 is 2.75 bits per heavy atom. The lowest BCUT2D eigenvalue weighted by atomic mass is 9.82. The molecule has 0 radical (unpaired) electrons. The van der Waals surface area contributed by atoms with Crippen molar-refractivity contribution < 1.29 is 9.59 Å². The Morgan fingerprint density at radius 2 is 2.00 bits per heavy atom. The minimum Gasteiger partial charge on any atom is -0.325 e. The van der Waals surface area contributed by atoms with Crippen molar-refractivity contribution in [2.24, 2.45) is 16.8 Å². The first-order chi connectivity index (χ1) is 13.5. The predicted molar refractivity (Wildman–Crippen MR) is 105 cm³/mol. The second kappa shape index (κ2) is 7.19. The molecule has 1 aromatic heterocycles. The maximum atomic E-state index is 12.5. The molecule has 4 rings (SSSR count). The Labute approximate surface area is 162 Å². The standard InChI is InChI=1S/C21H19N5O2/c1-13(2)17-11-20(27)24-18-10-14(8-9-16(17)18)23-21(28)19-12-22-26(25-19)15-6-4-3-5-7-15/h3-13,16H,1-2H3,(H,24,27). The number of nitrogens with one attached hydrogen (secondary N) is 1. The average Bonchev–Trinajstić information content (AvgIpc) is 3.18. The molecule has 7 heteroatoms. The van der Waals surface area contributed by atoms with E-state index in [0.717, 1.165) is 17.0 Å². The van der Waals surface area contributed by atoms with E-state index in [4.69, 9.17) is 0 Å². The molecule has 2 aliphatic rings. The fourth-order valence-corrected chi connectivity index (χ4v) is 3.24. The van der Waals surface area contributed by atoms with Crippen LogP contribution >= 0.6 is 0 Å². The number of allylic oxidation sites excluding steroid dienone is 3. The highest BCUT2D eigenvalue weighted by atomic mass is 16.2. The van der Waals surface area contributed by atoms with E-state index in [1.165, 1.54) is 11.0 Å². The highest BCUT2D eigenvalue weighted by molar-refractivity contribution is 6.13. The SMILES string of the molecule is CC(C)C1=CC(=O)NC2=CC(=NC(=O)c3cnn(-c4ccccc4)n3)C=CC21. The first-order valence-corrected chi connectivity index (χ1v) is 9.04. The van der Waals surface area contributed by atoms with Gasteiger partial charge in [-0.3, -0.25) is 9.59 Å². The number of hydrogen-bond donors (Lipinski definition) is 1. The number of fused-ring (bicyclic) bond motifs is 1. The van der Waals surface area contributed by atoms with Crippen LogP contribution in [0.15, 0.2) is 77.1 Å². The summed E-state index contributed by atoms with van der Waals surface area (Å²) in [4.78, 5) is 29.9. The van der Waals surface area contributed by atoms with Gasteiger partial charge in [0.2, 0.25) is 5.91 Å². The van der Waals surface area contributed by atoms with Gasteiger partial charge in [-0.1, -0.05) is 38.1 Å². The molecule has 1 aliphatic heterocycles. The molecule has 0 saturated heterocycles. The molecule has 2 heterocycles. The van der Waals surface area contributed by atoms with Crippen LogP contribution in [-0.2, 0) is 4.79 Å². The summed E-state index contributed by atoms with van der Waals surface area (Å²) in [5, 5.41) is 11.2. The number of para-hydroxylation sites is 1. The van der Waals surface area contributed by atoms with Crippen molar-refractivity contribution in [2.45, 2.75) is 13.8 Å². The number of aromatic nitrogens is 3. The van der Waals surface area contributed by atoms with Gasteiger partial charge in [0.25, 0.3) is 5.91 Å². The number of aliphatic imine (C=N–C) groups is 1. The summed E-state index contributed by atoms with van der Waals surface area (Å²) in [6.07, 6.45) is 8.52. The van der Waals surface area contributed by atoms with Gasteiger partial charge in [0.1, 0.15) is 0 Å². The molecule has 2 amide bonds. The number of rotatable bonds is 3. The number of amides is 2. The Morgan fingerprint density at radius 1 is 1.21 bits per heavy atom. The lowest BCUT2D eigenvalue weighted by molar-refractivity contribution is -0.116. The van der Waals surface area contributed by atoms with Crippen molar-refractivity contribution in [1.29, 1.82) is 0 Å². The van der Waals surface area contributed by atoms with E-state index in [2.05, 4.69) is 34.4 Å². The number of nitrogens with zero attached hydrogens (tertiary/aromatic N) is 4. The first-order valence-electron chi connectivity index (χ1n) is 9.04. The van der Waals surface area contributed by atoms with Crippen molar-refractivity contribution in [3.8, 4) is 5.69 Å². The van der Waals surface area contributed by atoms with Gasteiger partial charge in [-0.25, -0.2) is 4.99 Å². The number of hydrogen-bond acceptors (Lipinski definition) is 4. The van der Waals surface area contributed by atoms with Crippen LogP contribution in [0.5, 0.6) is 0 Å². The number of carbonyl (C=O) groups is 2. The van der Waals surface area contributed by atoms with Crippen molar-refractivity contribution in [2.75, 3.05) is 0 Å². The lowest BCUT2D eigenvalue weighted by Crippen LogP contribution is -2.34. The smallest absolute Gasteiger partial charge is 0.299 e. The van der Waals surface area contributed by atoms with Crippen molar-refractivity contribution in [1.82, 2.24) is 20.3 Å². The zero-order valence-electron chi connectivity index (χ0n) is 15.5. The van der Waals surface area contributed by atoms with Crippen molar-refractivity contribution >= 4 is 17.5 Å². The normalized spacial score (nSPS) is 19.9. The monoisotopic (exact) mass is 373 g/mol. The van der Waals surface area contributed by atoms with Crippen molar-refractivity contribution in [3.63, 3.8) is 0 Å². The zero-order chi connectivity index (χ0) is 19.7. The molecule has 1 unspecified atom stereocenters. The van der Waals surface area contributed by atoms with E-state index in [1.807, 2.05) is 36.4 Å². The molecule has 2 aromatic rings. The summed E-state index contributed by atoms with van der Waals surface area (Å²) in [5.41, 5.74) is 3.16. The largest absolute Gasteiger partial charge is 0.325 e. The second-order valence-electron chi connectivity index (χ2n) is 6.92. The van der Waals surface area contributed by atoms with Crippen LogP contribution in [-0.4, -0.2) is 32.5 Å². The quantitative estimate of drug-likeness (QED) is 0.896. The third-order valence-electron chi connectivity index (χ3n) is 4.62. The topological polar surface area (TPSA) is 89.2 Å². The average molecular weight is 373 g/mol. The van der Waals surface area contributed by atoms with Gasteiger partial charge in [0.05, 0.1) is 17.6 Å². The maximum Gasteiger partial charge on any atom is 0.299 e. The summed E-state index contributed by atoms with van der Waals surface area (Å²) < 4.78 is 0. The lowest BCUT2D eigenvalue weighted by Gasteiger charge is -2.29. The van der Waals surface area contributed by atoms with E-state index in [1.54, 1.807) is 18.2 Å². The van der Waals surface area contributed by atoms with Gasteiger partial charge >= 0.3 is 0 Å². The van der Waals surface area contributed by atoms with E-state index in [-0.39, 0.29) is 23.4 Å². The van der Waals surface area contributed by atoms with Gasteiger partial charge in [0, 0.05) is 17.7 Å². The van der Waals surface area contributed by atoms with Crippen molar-refractivity contribution in [3.05, 3.63) is 77.8 Å².